The van der Waals surface area contributed by atoms with Crippen molar-refractivity contribution >= 4 is 5.91 Å². The minimum atomic E-state index is -0.390. The number of ether oxygens (including phenoxy) is 1. The number of aliphatic hydroxyl groups is 1. The quantitative estimate of drug-likeness (QED) is 0.624. The maximum absolute atomic E-state index is 11.8. The van der Waals surface area contributed by atoms with E-state index in [1.807, 2.05) is 6.92 Å². The zero-order valence-electron chi connectivity index (χ0n) is 10.4. The average molecular weight is 242 g/mol. The molecule has 0 aromatic heterocycles. The number of amides is 1. The molecule has 0 unspecified atom stereocenters. The van der Waals surface area contributed by atoms with Crippen LogP contribution in [0.3, 0.4) is 0 Å². The largest absolute Gasteiger partial charge is 0.394 e. The van der Waals surface area contributed by atoms with Gasteiger partial charge in [0.15, 0.2) is 0 Å². The van der Waals surface area contributed by atoms with E-state index in [9.17, 15) is 9.90 Å². The summed E-state index contributed by atoms with van der Waals surface area (Å²) >= 11 is 0. The normalized spacial score (nSPS) is 25.3. The van der Waals surface area contributed by atoms with Crippen molar-refractivity contribution in [3.8, 4) is 0 Å². The van der Waals surface area contributed by atoms with Crippen LogP contribution in [-0.2, 0) is 9.53 Å². The van der Waals surface area contributed by atoms with Crippen LogP contribution in [0.1, 0.15) is 32.6 Å². The van der Waals surface area contributed by atoms with Crippen molar-refractivity contribution < 1.29 is 14.6 Å². The van der Waals surface area contributed by atoms with E-state index in [0.29, 0.717) is 0 Å². The molecule has 1 saturated heterocycles. The van der Waals surface area contributed by atoms with E-state index in [2.05, 4.69) is 10.6 Å². The van der Waals surface area contributed by atoms with Crippen molar-refractivity contribution in [1.29, 1.82) is 0 Å². The van der Waals surface area contributed by atoms with Gasteiger partial charge in [-0.05, 0) is 19.8 Å². The summed E-state index contributed by atoms with van der Waals surface area (Å²) in [6, 6.07) is 0. The molecular formula is C12H22N2O3. The molecule has 2 fully saturated rings. The highest BCUT2D eigenvalue weighted by Gasteiger charge is 2.36. The van der Waals surface area contributed by atoms with E-state index in [1.165, 1.54) is 0 Å². The number of hydrogen-bond donors (Lipinski definition) is 3. The third-order valence-corrected chi connectivity index (χ3v) is 3.82. The lowest BCUT2D eigenvalue weighted by atomic mass is 9.98. The van der Waals surface area contributed by atoms with E-state index in [1.54, 1.807) is 0 Å². The number of nitrogens with one attached hydrogen (secondary N) is 2. The van der Waals surface area contributed by atoms with Crippen LogP contribution in [0.25, 0.3) is 0 Å². The summed E-state index contributed by atoms with van der Waals surface area (Å²) in [6.45, 7) is 3.70. The first-order chi connectivity index (χ1) is 8.08. The molecule has 17 heavy (non-hydrogen) atoms. The Morgan fingerprint density at radius 2 is 2.06 bits per heavy atom. The molecule has 0 bridgehead atoms. The Morgan fingerprint density at radius 3 is 2.53 bits per heavy atom. The third-order valence-electron chi connectivity index (χ3n) is 3.82. The maximum atomic E-state index is 11.8. The highest BCUT2D eigenvalue weighted by Crippen LogP contribution is 2.29. The Hall–Kier alpha value is -0.650. The Balaban J connectivity index is 1.76. The van der Waals surface area contributed by atoms with Crippen molar-refractivity contribution in [2.45, 2.75) is 43.7 Å². The second-order valence-corrected chi connectivity index (χ2v) is 5.54. The van der Waals surface area contributed by atoms with Crippen molar-refractivity contribution in [2.24, 2.45) is 0 Å². The minimum Gasteiger partial charge on any atom is -0.394 e. The molecule has 2 aliphatic rings. The molecule has 2 rings (SSSR count). The molecule has 98 valence electrons. The molecule has 1 aliphatic heterocycles. The average Bonchev–Trinajstić information content (AvgIpc) is 2.73. The molecule has 0 atom stereocenters. The van der Waals surface area contributed by atoms with Crippen LogP contribution in [-0.4, -0.2) is 48.5 Å². The smallest absolute Gasteiger partial charge is 0.246 e. The highest BCUT2D eigenvalue weighted by molar-refractivity contribution is 5.78. The van der Waals surface area contributed by atoms with Gasteiger partial charge in [0.2, 0.25) is 5.91 Å². The molecular weight excluding hydrogens is 220 g/mol. The zero-order valence-corrected chi connectivity index (χ0v) is 10.4. The first kappa shape index (κ1) is 12.8. The van der Waals surface area contributed by atoms with Gasteiger partial charge in [-0.1, -0.05) is 12.8 Å². The van der Waals surface area contributed by atoms with Crippen LogP contribution in [0.2, 0.25) is 0 Å². The van der Waals surface area contributed by atoms with E-state index in [4.69, 9.17) is 4.74 Å². The fourth-order valence-corrected chi connectivity index (χ4v) is 2.53. The minimum absolute atomic E-state index is 0.0254. The first-order valence-corrected chi connectivity index (χ1v) is 6.34. The molecule has 5 nitrogen and oxygen atoms in total. The summed E-state index contributed by atoms with van der Waals surface area (Å²) in [4.78, 5) is 11.8. The van der Waals surface area contributed by atoms with Crippen LogP contribution in [0.5, 0.6) is 0 Å². The molecule has 5 heteroatoms. The lowest BCUT2D eigenvalue weighted by Crippen LogP contribution is -2.60. The number of hydrogen-bond acceptors (Lipinski definition) is 4. The summed E-state index contributed by atoms with van der Waals surface area (Å²) < 4.78 is 5.57. The Bertz CT molecular complexity index is 283. The third kappa shape index (κ3) is 2.97. The van der Waals surface area contributed by atoms with Gasteiger partial charge in [-0.3, -0.25) is 4.79 Å². The fraction of sp³-hybridized carbons (Fsp3) is 0.917. The summed E-state index contributed by atoms with van der Waals surface area (Å²) in [5, 5.41) is 15.4. The van der Waals surface area contributed by atoms with Gasteiger partial charge >= 0.3 is 0 Å². The lowest BCUT2D eigenvalue weighted by Gasteiger charge is -2.39. The predicted molar refractivity (Wildman–Crippen MR) is 63.7 cm³/mol. The van der Waals surface area contributed by atoms with Crippen molar-refractivity contribution in [3.05, 3.63) is 0 Å². The van der Waals surface area contributed by atoms with E-state index < -0.39 is 0 Å². The highest BCUT2D eigenvalue weighted by atomic mass is 16.5. The Morgan fingerprint density at radius 1 is 1.41 bits per heavy atom. The number of rotatable bonds is 5. The van der Waals surface area contributed by atoms with E-state index >= 15 is 0 Å². The molecule has 0 radical (unpaired) electrons. The van der Waals surface area contributed by atoms with Crippen LogP contribution in [0.15, 0.2) is 0 Å². The summed E-state index contributed by atoms with van der Waals surface area (Å²) in [6.07, 6.45) is 3.88. The van der Waals surface area contributed by atoms with Gasteiger partial charge in [-0.2, -0.15) is 0 Å². The zero-order chi connectivity index (χ0) is 12.4. The van der Waals surface area contributed by atoms with Crippen LogP contribution >= 0.6 is 0 Å². The molecule has 0 spiro atoms. The Kier molecular flexibility index (Phi) is 3.70. The number of carbonyl (C=O) groups is 1. The van der Waals surface area contributed by atoms with Crippen LogP contribution in [0, 0.1) is 0 Å². The fourth-order valence-electron chi connectivity index (χ4n) is 2.53. The SMILES string of the molecule is CC1(OCC(=O)NC2(CO)CCCC2)CNC1. The molecule has 0 aromatic carbocycles. The summed E-state index contributed by atoms with van der Waals surface area (Å²) in [5.74, 6) is -0.117. The van der Waals surface area contributed by atoms with Gasteiger partial charge < -0.3 is 20.5 Å². The maximum Gasteiger partial charge on any atom is 0.246 e. The molecule has 1 aliphatic carbocycles. The van der Waals surface area contributed by atoms with Gasteiger partial charge in [0.25, 0.3) is 0 Å². The molecule has 1 amide bonds. The van der Waals surface area contributed by atoms with Gasteiger partial charge in [0.1, 0.15) is 6.61 Å². The molecule has 0 aromatic rings. The monoisotopic (exact) mass is 242 g/mol. The molecule has 1 saturated carbocycles. The van der Waals surface area contributed by atoms with Gasteiger partial charge in [0.05, 0.1) is 17.7 Å². The van der Waals surface area contributed by atoms with E-state index in [-0.39, 0.29) is 30.3 Å². The van der Waals surface area contributed by atoms with Crippen molar-refractivity contribution in [1.82, 2.24) is 10.6 Å². The predicted octanol–water partition coefficient (Wildman–Crippen LogP) is -0.214. The van der Waals surface area contributed by atoms with Gasteiger partial charge in [-0.25, -0.2) is 0 Å². The van der Waals surface area contributed by atoms with Crippen molar-refractivity contribution in [3.63, 3.8) is 0 Å². The van der Waals surface area contributed by atoms with Gasteiger partial charge in [0, 0.05) is 13.1 Å². The summed E-state index contributed by atoms with van der Waals surface area (Å²) in [7, 11) is 0. The second-order valence-electron chi connectivity index (χ2n) is 5.54. The second kappa shape index (κ2) is 4.92. The Labute approximate surface area is 102 Å². The van der Waals surface area contributed by atoms with Crippen LogP contribution in [0.4, 0.5) is 0 Å². The standard InChI is InChI=1S/C12H22N2O3/c1-11(7-13-8-11)17-6-10(16)14-12(9-15)4-2-3-5-12/h13,15H,2-9H2,1H3,(H,14,16). The first-order valence-electron chi connectivity index (χ1n) is 6.34. The topological polar surface area (TPSA) is 70.6 Å². The van der Waals surface area contributed by atoms with Gasteiger partial charge in [-0.15, -0.1) is 0 Å². The number of aliphatic hydroxyl groups excluding tert-OH is 1. The molecule has 3 N–H and O–H groups in total. The van der Waals surface area contributed by atoms with E-state index in [0.717, 1.165) is 38.8 Å². The summed E-state index contributed by atoms with van der Waals surface area (Å²) in [5.41, 5.74) is -0.585. The van der Waals surface area contributed by atoms with Crippen molar-refractivity contribution in [2.75, 3.05) is 26.3 Å². The lowest BCUT2D eigenvalue weighted by molar-refractivity contribution is -0.138. The number of carbonyl (C=O) groups excluding carboxylic acids is 1. The van der Waals surface area contributed by atoms with Crippen LogP contribution < -0.4 is 10.6 Å². The molecule has 1 heterocycles.